The van der Waals surface area contributed by atoms with E-state index in [1.54, 1.807) is 0 Å². The van der Waals surface area contributed by atoms with Gasteiger partial charge in [-0.25, -0.2) is 0 Å². The van der Waals surface area contributed by atoms with Crippen LogP contribution < -0.4 is 0 Å². The van der Waals surface area contributed by atoms with E-state index in [-0.39, 0.29) is 0 Å². The van der Waals surface area contributed by atoms with Crippen LogP contribution in [0.5, 0.6) is 0 Å². The fraction of sp³-hybridized carbons (Fsp3) is 1.00. The van der Waals surface area contributed by atoms with Crippen molar-refractivity contribution in [3.05, 3.63) is 0 Å². The molecule has 0 nitrogen and oxygen atoms in total. The van der Waals surface area contributed by atoms with E-state index < -0.39 is 0 Å². The molecule has 2 aliphatic rings. The van der Waals surface area contributed by atoms with Crippen LogP contribution in [0.2, 0.25) is 0 Å². The first-order chi connectivity index (χ1) is 4.29. The van der Waals surface area contributed by atoms with Crippen LogP contribution in [-0.2, 0) is 0 Å². The van der Waals surface area contributed by atoms with Gasteiger partial charge in [0.25, 0.3) is 0 Å². The summed E-state index contributed by atoms with van der Waals surface area (Å²) in [5.74, 6) is 4.40. The molecule has 0 aromatic rings. The molecule has 0 N–H and O–H groups in total. The predicted octanol–water partition coefficient (Wildman–Crippen LogP) is 2.69. The van der Waals surface area contributed by atoms with Gasteiger partial charge >= 0.3 is 0 Å². The van der Waals surface area contributed by atoms with Crippen molar-refractivity contribution < 1.29 is 0 Å². The lowest BCUT2D eigenvalue weighted by molar-refractivity contribution is 0.427. The topological polar surface area (TPSA) is 0 Å². The number of rotatable bonds is 2. The lowest BCUT2D eigenvalue weighted by Gasteiger charge is -2.06. The third-order valence-electron chi connectivity index (χ3n) is 3.21. The van der Waals surface area contributed by atoms with Crippen molar-refractivity contribution in [2.24, 2.45) is 23.7 Å². The lowest BCUT2D eigenvalue weighted by atomic mass is 9.99. The highest BCUT2D eigenvalue weighted by atomic mass is 14.5. The summed E-state index contributed by atoms with van der Waals surface area (Å²) in [6.07, 6.45) is 4.59. The zero-order chi connectivity index (χ0) is 6.43. The molecular formula is C9H16. The molecule has 3 unspecified atom stereocenters. The molecule has 0 saturated heterocycles. The average molecular weight is 124 g/mol. The average Bonchev–Trinajstić information content (AvgIpc) is 2.53. The highest BCUT2D eigenvalue weighted by Crippen LogP contribution is 2.52. The molecule has 2 saturated carbocycles. The van der Waals surface area contributed by atoms with E-state index in [0.29, 0.717) is 0 Å². The second-order valence-corrected chi connectivity index (χ2v) is 4.07. The standard InChI is InChI=1S/C9H16/c1-6-5-9(6)7(2)8-3-4-8/h6-9H,3-5H2,1-2H3. The van der Waals surface area contributed by atoms with Gasteiger partial charge in [0.05, 0.1) is 0 Å². The fourth-order valence-electron chi connectivity index (χ4n) is 2.06. The molecule has 0 amide bonds. The maximum Gasteiger partial charge on any atom is -0.0357 e. The van der Waals surface area contributed by atoms with Gasteiger partial charge in [-0.2, -0.15) is 0 Å². The van der Waals surface area contributed by atoms with Crippen LogP contribution >= 0.6 is 0 Å². The molecule has 2 aliphatic carbocycles. The van der Waals surface area contributed by atoms with Crippen molar-refractivity contribution in [1.82, 2.24) is 0 Å². The van der Waals surface area contributed by atoms with Gasteiger partial charge in [0.15, 0.2) is 0 Å². The quantitative estimate of drug-likeness (QED) is 0.531. The molecule has 9 heavy (non-hydrogen) atoms. The van der Waals surface area contributed by atoms with Crippen LogP contribution in [0.15, 0.2) is 0 Å². The molecule has 3 atom stereocenters. The van der Waals surface area contributed by atoms with Crippen LogP contribution in [0.25, 0.3) is 0 Å². The summed E-state index contributed by atoms with van der Waals surface area (Å²) in [6.45, 7) is 4.84. The minimum atomic E-state index is 1.07. The Labute approximate surface area is 57.6 Å². The normalized spacial score (nSPS) is 44.7. The van der Waals surface area contributed by atoms with Gasteiger partial charge in [-0.15, -0.1) is 0 Å². The fourth-order valence-corrected chi connectivity index (χ4v) is 2.06. The van der Waals surface area contributed by atoms with Crippen LogP contribution in [0.3, 0.4) is 0 Å². The Hall–Kier alpha value is 0. The van der Waals surface area contributed by atoms with Gasteiger partial charge in [0, 0.05) is 0 Å². The van der Waals surface area contributed by atoms with Gasteiger partial charge in [-0.3, -0.25) is 0 Å². The van der Waals surface area contributed by atoms with Crippen molar-refractivity contribution in [3.63, 3.8) is 0 Å². The summed E-state index contributed by atoms with van der Waals surface area (Å²) in [5.41, 5.74) is 0. The van der Waals surface area contributed by atoms with Gasteiger partial charge in [0.1, 0.15) is 0 Å². The van der Waals surface area contributed by atoms with Gasteiger partial charge in [-0.05, 0) is 42.9 Å². The molecule has 0 aromatic carbocycles. The third kappa shape index (κ3) is 0.997. The van der Waals surface area contributed by atoms with Crippen LogP contribution in [-0.4, -0.2) is 0 Å². The summed E-state index contributed by atoms with van der Waals surface area (Å²) in [5, 5.41) is 0. The minimum Gasteiger partial charge on any atom is -0.0622 e. The van der Waals surface area contributed by atoms with Gasteiger partial charge in [0.2, 0.25) is 0 Å². The minimum absolute atomic E-state index is 1.07. The summed E-state index contributed by atoms with van der Waals surface area (Å²) >= 11 is 0. The molecule has 0 heteroatoms. The van der Waals surface area contributed by atoms with E-state index in [1.165, 1.54) is 19.3 Å². The van der Waals surface area contributed by atoms with Crippen molar-refractivity contribution in [2.75, 3.05) is 0 Å². The molecule has 2 rings (SSSR count). The largest absolute Gasteiger partial charge is 0.0622 e. The van der Waals surface area contributed by atoms with E-state index in [9.17, 15) is 0 Å². The second kappa shape index (κ2) is 1.74. The van der Waals surface area contributed by atoms with Crippen molar-refractivity contribution >= 4 is 0 Å². The Kier molecular flexibility index (Phi) is 1.12. The summed E-state index contributed by atoms with van der Waals surface area (Å²) in [6, 6.07) is 0. The zero-order valence-electron chi connectivity index (χ0n) is 6.43. The Morgan fingerprint density at radius 3 is 2.22 bits per heavy atom. The summed E-state index contributed by atoms with van der Waals surface area (Å²) in [4.78, 5) is 0. The van der Waals surface area contributed by atoms with E-state index >= 15 is 0 Å². The molecule has 2 fully saturated rings. The SMILES string of the molecule is CC1CC1C(C)C1CC1. The summed E-state index contributed by atoms with van der Waals surface area (Å²) in [7, 11) is 0. The van der Waals surface area contributed by atoms with E-state index in [2.05, 4.69) is 13.8 Å². The van der Waals surface area contributed by atoms with Crippen molar-refractivity contribution in [1.29, 1.82) is 0 Å². The first-order valence-electron chi connectivity index (χ1n) is 4.29. The molecule has 0 radical (unpaired) electrons. The Morgan fingerprint density at radius 2 is 1.89 bits per heavy atom. The maximum atomic E-state index is 2.45. The van der Waals surface area contributed by atoms with Gasteiger partial charge < -0.3 is 0 Å². The summed E-state index contributed by atoms with van der Waals surface area (Å²) < 4.78 is 0. The van der Waals surface area contributed by atoms with Crippen LogP contribution in [0.1, 0.15) is 33.1 Å². The third-order valence-corrected chi connectivity index (χ3v) is 3.21. The van der Waals surface area contributed by atoms with E-state index in [0.717, 1.165) is 23.7 Å². The smallest absolute Gasteiger partial charge is 0.0357 e. The Balaban J connectivity index is 1.83. The molecule has 0 heterocycles. The van der Waals surface area contributed by atoms with Crippen LogP contribution in [0, 0.1) is 23.7 Å². The number of hydrogen-bond donors (Lipinski definition) is 0. The second-order valence-electron chi connectivity index (χ2n) is 4.07. The van der Waals surface area contributed by atoms with Crippen molar-refractivity contribution in [3.8, 4) is 0 Å². The lowest BCUT2D eigenvalue weighted by Crippen LogP contribution is -1.99. The first-order valence-corrected chi connectivity index (χ1v) is 4.29. The highest BCUT2D eigenvalue weighted by Gasteiger charge is 2.43. The highest BCUT2D eigenvalue weighted by molar-refractivity contribution is 4.93. The Morgan fingerprint density at radius 1 is 1.33 bits per heavy atom. The molecule has 0 bridgehead atoms. The molecule has 0 aliphatic heterocycles. The monoisotopic (exact) mass is 124 g/mol. The van der Waals surface area contributed by atoms with Crippen LogP contribution in [0.4, 0.5) is 0 Å². The zero-order valence-corrected chi connectivity index (χ0v) is 6.43. The molecule has 52 valence electrons. The predicted molar refractivity (Wildman–Crippen MR) is 39.2 cm³/mol. The molecule has 0 aromatic heterocycles. The first kappa shape index (κ1) is 5.76. The van der Waals surface area contributed by atoms with Crippen molar-refractivity contribution in [2.45, 2.75) is 33.1 Å². The maximum absolute atomic E-state index is 2.45. The number of hydrogen-bond acceptors (Lipinski definition) is 0. The molecular weight excluding hydrogens is 108 g/mol. The Bertz CT molecular complexity index is 113. The van der Waals surface area contributed by atoms with E-state index in [1.807, 2.05) is 0 Å². The van der Waals surface area contributed by atoms with Gasteiger partial charge in [-0.1, -0.05) is 13.8 Å². The van der Waals surface area contributed by atoms with E-state index in [4.69, 9.17) is 0 Å². The molecule has 0 spiro atoms.